The van der Waals surface area contributed by atoms with Crippen molar-refractivity contribution < 1.29 is 28.5 Å². The Balaban J connectivity index is 1.80. The van der Waals surface area contributed by atoms with Crippen LogP contribution in [0, 0.1) is 11.8 Å². The number of benzene rings is 1. The molecule has 6 nitrogen and oxygen atoms in total. The molecule has 1 aliphatic carbocycles. The first kappa shape index (κ1) is 21.2. The van der Waals surface area contributed by atoms with Gasteiger partial charge in [-0.2, -0.15) is 0 Å². The van der Waals surface area contributed by atoms with Gasteiger partial charge in [-0.3, -0.25) is 0 Å². The lowest BCUT2D eigenvalue weighted by molar-refractivity contribution is -0.227. The minimum atomic E-state index is -0.422. The van der Waals surface area contributed by atoms with Crippen LogP contribution in [0.2, 0.25) is 0 Å². The van der Waals surface area contributed by atoms with Crippen molar-refractivity contribution in [2.75, 3.05) is 20.8 Å². The van der Waals surface area contributed by atoms with Gasteiger partial charge in [0, 0.05) is 45.5 Å². The summed E-state index contributed by atoms with van der Waals surface area (Å²) in [5.74, 6) is 0.876. The molecule has 1 aromatic rings. The molecular formula is C22H32O6. The summed E-state index contributed by atoms with van der Waals surface area (Å²) in [6, 6.07) is 9.79. The molecule has 2 aliphatic rings. The van der Waals surface area contributed by atoms with Gasteiger partial charge < -0.3 is 28.5 Å². The zero-order chi connectivity index (χ0) is 19.8. The van der Waals surface area contributed by atoms with Gasteiger partial charge in [0.25, 0.3) is 0 Å². The molecule has 0 spiro atoms. The smallest absolute Gasteiger partial charge is 0.162 e. The van der Waals surface area contributed by atoms with Gasteiger partial charge in [-0.25, -0.2) is 0 Å². The molecule has 1 aliphatic heterocycles. The summed E-state index contributed by atoms with van der Waals surface area (Å²) in [6.07, 6.45) is 5.14. The lowest BCUT2D eigenvalue weighted by atomic mass is 9.88. The number of ether oxygens (including phenoxy) is 5. The van der Waals surface area contributed by atoms with Crippen molar-refractivity contribution in [3.63, 3.8) is 0 Å². The Morgan fingerprint density at radius 2 is 1.93 bits per heavy atom. The molecule has 0 radical (unpaired) electrons. The minimum Gasteiger partial charge on any atom is -0.490 e. The standard InChI is InChI=1S/C22H32O6/c1-24-22(25-2)21-17(11-8-13-23)18(27-16-9-4-3-5-10-16)15-19(21)28-20-12-6-7-14-26-20/h3-5,9-10,13,17-22H,6-8,11-12,14-15H2,1-2H3. The number of carbonyl (C=O) groups is 1. The predicted octanol–water partition coefficient (Wildman–Crippen LogP) is 3.58. The summed E-state index contributed by atoms with van der Waals surface area (Å²) in [5, 5.41) is 0. The van der Waals surface area contributed by atoms with Gasteiger partial charge >= 0.3 is 0 Å². The maximum Gasteiger partial charge on any atom is 0.162 e. The third-order valence-corrected chi connectivity index (χ3v) is 5.76. The third kappa shape index (κ3) is 5.32. The first-order valence-corrected chi connectivity index (χ1v) is 10.2. The topological polar surface area (TPSA) is 63.2 Å². The van der Waals surface area contributed by atoms with Gasteiger partial charge in [0.1, 0.15) is 18.1 Å². The molecule has 0 bridgehead atoms. The average molecular weight is 392 g/mol. The first-order chi connectivity index (χ1) is 13.8. The second kappa shape index (κ2) is 10.9. The Morgan fingerprint density at radius 1 is 1.14 bits per heavy atom. The molecule has 5 unspecified atom stereocenters. The largest absolute Gasteiger partial charge is 0.490 e. The number of rotatable bonds is 10. The number of hydrogen-bond donors (Lipinski definition) is 0. The second-order valence-electron chi connectivity index (χ2n) is 7.50. The monoisotopic (exact) mass is 392 g/mol. The Hall–Kier alpha value is -1.47. The molecule has 0 aromatic heterocycles. The maximum atomic E-state index is 11.1. The van der Waals surface area contributed by atoms with Crippen molar-refractivity contribution >= 4 is 6.29 Å². The zero-order valence-electron chi connectivity index (χ0n) is 16.8. The van der Waals surface area contributed by atoms with Crippen LogP contribution in [0.4, 0.5) is 0 Å². The van der Waals surface area contributed by atoms with Crippen molar-refractivity contribution in [3.05, 3.63) is 30.3 Å². The summed E-state index contributed by atoms with van der Waals surface area (Å²) < 4.78 is 29.8. The van der Waals surface area contributed by atoms with Crippen molar-refractivity contribution in [3.8, 4) is 5.75 Å². The fraction of sp³-hybridized carbons (Fsp3) is 0.682. The molecule has 0 N–H and O–H groups in total. The zero-order valence-corrected chi connectivity index (χ0v) is 16.8. The van der Waals surface area contributed by atoms with Crippen molar-refractivity contribution in [1.29, 1.82) is 0 Å². The normalized spacial score (nSPS) is 30.5. The molecule has 1 aromatic carbocycles. The van der Waals surface area contributed by atoms with Gasteiger partial charge in [-0.05, 0) is 37.8 Å². The average Bonchev–Trinajstić information content (AvgIpc) is 3.05. The van der Waals surface area contributed by atoms with Crippen molar-refractivity contribution in [1.82, 2.24) is 0 Å². The molecule has 28 heavy (non-hydrogen) atoms. The van der Waals surface area contributed by atoms with E-state index in [9.17, 15) is 4.79 Å². The van der Waals surface area contributed by atoms with E-state index in [0.29, 0.717) is 19.3 Å². The molecule has 3 rings (SSSR count). The van der Waals surface area contributed by atoms with E-state index in [-0.39, 0.29) is 30.3 Å². The van der Waals surface area contributed by atoms with E-state index < -0.39 is 6.29 Å². The molecule has 1 heterocycles. The second-order valence-corrected chi connectivity index (χ2v) is 7.50. The SMILES string of the molecule is COC(OC)C1C(OC2CCCCO2)CC(Oc2ccccc2)C1CCC=O. The van der Waals surface area contributed by atoms with Crippen LogP contribution >= 0.6 is 0 Å². The van der Waals surface area contributed by atoms with Crippen LogP contribution in [0.3, 0.4) is 0 Å². The Labute approximate surface area is 167 Å². The van der Waals surface area contributed by atoms with Crippen molar-refractivity contribution in [2.45, 2.75) is 63.3 Å². The summed E-state index contributed by atoms with van der Waals surface area (Å²) in [5.41, 5.74) is 0. The highest BCUT2D eigenvalue weighted by molar-refractivity contribution is 5.49. The highest BCUT2D eigenvalue weighted by Crippen LogP contribution is 2.43. The summed E-state index contributed by atoms with van der Waals surface area (Å²) >= 11 is 0. The van der Waals surface area contributed by atoms with Crippen LogP contribution in [0.5, 0.6) is 5.75 Å². The molecule has 156 valence electrons. The van der Waals surface area contributed by atoms with Crippen LogP contribution in [0.25, 0.3) is 0 Å². The first-order valence-electron chi connectivity index (χ1n) is 10.2. The Morgan fingerprint density at radius 3 is 2.57 bits per heavy atom. The summed E-state index contributed by atoms with van der Waals surface area (Å²) in [4.78, 5) is 11.1. The van der Waals surface area contributed by atoms with Gasteiger partial charge in [0.2, 0.25) is 0 Å². The van der Waals surface area contributed by atoms with Crippen molar-refractivity contribution in [2.24, 2.45) is 11.8 Å². The molecule has 6 heteroatoms. The number of methoxy groups -OCH3 is 2. The van der Waals surface area contributed by atoms with Gasteiger partial charge in [-0.15, -0.1) is 0 Å². The van der Waals surface area contributed by atoms with E-state index in [1.54, 1.807) is 14.2 Å². The highest BCUT2D eigenvalue weighted by Gasteiger charge is 2.50. The number of carbonyl (C=O) groups excluding carboxylic acids is 1. The van der Waals surface area contributed by atoms with Crippen LogP contribution in [-0.2, 0) is 23.7 Å². The molecule has 1 saturated heterocycles. The van der Waals surface area contributed by atoms with Gasteiger partial charge in [0.05, 0.1) is 6.10 Å². The third-order valence-electron chi connectivity index (χ3n) is 5.76. The Kier molecular flexibility index (Phi) is 8.27. The quantitative estimate of drug-likeness (QED) is 0.448. The lowest BCUT2D eigenvalue weighted by Crippen LogP contribution is -2.39. The predicted molar refractivity (Wildman–Crippen MR) is 104 cm³/mol. The molecule has 0 amide bonds. The molecule has 2 fully saturated rings. The molecule has 5 atom stereocenters. The summed E-state index contributed by atoms with van der Waals surface area (Å²) in [6.45, 7) is 0.735. The van der Waals surface area contributed by atoms with Crippen LogP contribution in [-0.4, -0.2) is 51.9 Å². The van der Waals surface area contributed by atoms with Gasteiger partial charge in [0.15, 0.2) is 12.6 Å². The van der Waals surface area contributed by atoms with E-state index in [0.717, 1.165) is 37.9 Å². The molecular weight excluding hydrogens is 360 g/mol. The van der Waals surface area contributed by atoms with E-state index in [2.05, 4.69) is 0 Å². The van der Waals surface area contributed by atoms with E-state index in [1.165, 1.54) is 0 Å². The molecule has 1 saturated carbocycles. The lowest BCUT2D eigenvalue weighted by Gasteiger charge is -2.33. The van der Waals surface area contributed by atoms with E-state index in [1.807, 2.05) is 30.3 Å². The van der Waals surface area contributed by atoms with E-state index >= 15 is 0 Å². The number of para-hydroxylation sites is 1. The van der Waals surface area contributed by atoms with Crippen LogP contribution in [0.1, 0.15) is 38.5 Å². The highest BCUT2D eigenvalue weighted by atomic mass is 16.7. The van der Waals surface area contributed by atoms with Crippen LogP contribution < -0.4 is 4.74 Å². The summed E-state index contributed by atoms with van der Waals surface area (Å²) in [7, 11) is 3.29. The maximum absolute atomic E-state index is 11.1. The number of aldehydes is 1. The fourth-order valence-electron chi connectivity index (χ4n) is 4.48. The van der Waals surface area contributed by atoms with Crippen LogP contribution in [0.15, 0.2) is 30.3 Å². The van der Waals surface area contributed by atoms with Gasteiger partial charge in [-0.1, -0.05) is 18.2 Å². The van der Waals surface area contributed by atoms with E-state index in [4.69, 9.17) is 23.7 Å². The Bertz CT molecular complexity index is 570. The minimum absolute atomic E-state index is 0.0332. The fourth-order valence-corrected chi connectivity index (χ4v) is 4.48. The number of hydrogen-bond acceptors (Lipinski definition) is 6.